The molecule has 3 aliphatic heterocycles. The quantitative estimate of drug-likeness (QED) is 0.0794. The Bertz CT molecular complexity index is 3340. The number of aliphatic carboxylic acids is 1. The molecule has 2 unspecified atom stereocenters. The average Bonchev–Trinajstić information content (AvgIpc) is 0.946. The molecule has 88 heavy (non-hydrogen) atoms. The van der Waals surface area contributed by atoms with Gasteiger partial charge >= 0.3 is 24.5 Å². The van der Waals surface area contributed by atoms with Gasteiger partial charge in [-0.3, -0.25) is 43.7 Å². The van der Waals surface area contributed by atoms with E-state index in [2.05, 4.69) is 43.1 Å². The topological polar surface area (TPSA) is 377 Å². The van der Waals surface area contributed by atoms with E-state index >= 15 is 0 Å². The lowest BCUT2D eigenvalue weighted by Crippen LogP contribution is -2.57. The summed E-state index contributed by atoms with van der Waals surface area (Å²) in [6.07, 6.45) is -7.53. The van der Waals surface area contributed by atoms with Crippen molar-refractivity contribution in [3.63, 3.8) is 0 Å². The normalized spacial score (nSPS) is 20.8. The zero-order valence-electron chi connectivity index (χ0n) is 47.7. The number of carbonyl (C=O) groups is 6. The summed E-state index contributed by atoms with van der Waals surface area (Å²) in [6.45, 7) is 9.79. The number of nitrogens with two attached hydrogens (primary N) is 7. The molecule has 3 aliphatic rings. The monoisotopic (exact) mass is 1250 g/mol. The first-order valence-electron chi connectivity index (χ1n) is 27.4. The molecule has 0 radical (unpaired) electrons. The minimum atomic E-state index is -4.84. The van der Waals surface area contributed by atoms with Crippen LogP contribution in [0, 0.1) is 17.8 Å². The highest BCUT2D eigenvalue weighted by molar-refractivity contribution is 6.10. The number of benzene rings is 3. The molecule has 17 N–H and O–H groups in total. The molecule has 31 heteroatoms. The summed E-state index contributed by atoms with van der Waals surface area (Å²) in [5.41, 5.74) is 41.8. The number of primary amides is 3. The van der Waals surface area contributed by atoms with Gasteiger partial charge in [0, 0.05) is 109 Å². The first-order valence-corrected chi connectivity index (χ1v) is 27.4. The van der Waals surface area contributed by atoms with Crippen LogP contribution in [0.25, 0.3) is 32.7 Å². The van der Waals surface area contributed by atoms with E-state index in [0.29, 0.717) is 77.8 Å². The van der Waals surface area contributed by atoms with Crippen molar-refractivity contribution in [2.24, 2.45) is 57.9 Å². The first-order chi connectivity index (χ1) is 41.1. The highest BCUT2D eigenvalue weighted by Crippen LogP contribution is 2.35. The van der Waals surface area contributed by atoms with Crippen molar-refractivity contribution < 1.29 is 73.4 Å². The zero-order chi connectivity index (χ0) is 65.3. The number of hydrogen-bond donors (Lipinski definition) is 10. The van der Waals surface area contributed by atoms with Crippen LogP contribution in [0.5, 0.6) is 0 Å². The maximum Gasteiger partial charge on any atom is 0.414 e. The molecule has 9 rings (SSSR count). The van der Waals surface area contributed by atoms with Gasteiger partial charge < -0.3 is 70.6 Å². The molecule has 6 heterocycles. The van der Waals surface area contributed by atoms with Crippen LogP contribution >= 0.6 is 0 Å². The Morgan fingerprint density at radius 2 is 0.773 bits per heavy atom. The third-order valence-electron chi connectivity index (χ3n) is 14.7. The molecule has 3 aromatic heterocycles. The Kier molecular flexibility index (Phi) is 22.1. The molecule has 6 aromatic rings. The Labute approximate surface area is 497 Å². The molecular weight excluding hydrogens is 1180 g/mol. The fourth-order valence-corrected chi connectivity index (χ4v) is 10.8. The van der Waals surface area contributed by atoms with Gasteiger partial charge in [-0.05, 0) is 110 Å². The van der Waals surface area contributed by atoms with E-state index in [4.69, 9.17) is 39.5 Å². The second-order valence-electron chi connectivity index (χ2n) is 22.0. The Morgan fingerprint density at radius 3 is 1.03 bits per heavy atom. The lowest BCUT2D eigenvalue weighted by Gasteiger charge is -2.39. The smallest absolute Gasteiger partial charge is 0.414 e. The molecule has 0 aliphatic carbocycles. The number of alkyl halides is 9. The van der Waals surface area contributed by atoms with Crippen LogP contribution in [0.1, 0.15) is 71.1 Å². The van der Waals surface area contributed by atoms with Gasteiger partial charge in [0.05, 0.1) is 33.2 Å². The van der Waals surface area contributed by atoms with Crippen molar-refractivity contribution >= 4 is 85.3 Å². The number of pyridine rings is 3. The van der Waals surface area contributed by atoms with Gasteiger partial charge in [-0.1, -0.05) is 20.8 Å². The number of carbonyl (C=O) groups excluding carboxylic acids is 5. The highest BCUT2D eigenvalue weighted by Gasteiger charge is 2.45. The van der Waals surface area contributed by atoms with Crippen LogP contribution in [0.15, 0.2) is 91.4 Å². The van der Waals surface area contributed by atoms with Crippen LogP contribution < -0.4 is 65.5 Å². The van der Waals surface area contributed by atoms with Crippen LogP contribution in [-0.2, 0) is 14.4 Å². The minimum Gasteiger partial charge on any atom is -0.480 e. The van der Waals surface area contributed by atoms with Crippen molar-refractivity contribution in [1.82, 2.24) is 25.6 Å². The molecule has 9 atom stereocenters. The van der Waals surface area contributed by atoms with Crippen LogP contribution in [0.3, 0.4) is 0 Å². The number of rotatable bonds is 11. The molecule has 0 spiro atoms. The van der Waals surface area contributed by atoms with E-state index in [1.807, 2.05) is 41.8 Å². The molecule has 0 saturated carbocycles. The second kappa shape index (κ2) is 28.4. The number of amides is 5. The van der Waals surface area contributed by atoms with Crippen LogP contribution in [-0.4, -0.2) is 150 Å². The molecular formula is C57H68F9N15O7. The van der Waals surface area contributed by atoms with Gasteiger partial charge in [0.1, 0.15) is 0 Å². The molecule has 22 nitrogen and oxygen atoms in total. The highest BCUT2D eigenvalue weighted by atomic mass is 19.4. The molecule has 3 aromatic carbocycles. The number of halogens is 9. The number of carboxylic acids is 1. The van der Waals surface area contributed by atoms with E-state index < -0.39 is 84.2 Å². The standard InChI is InChI=1S/2C19H22F3N5O2.C16H20N4O.C3H4F3NO2/c2*1-10-7-11(26-18(29)16(23)19(20,21)22)9-27(8-10)14-5-4-13(17(24)28)15-12(14)3-2-6-25-15;1-10-7-11(17)9-20(8-10)14-5-4-13(16(18)21)15-12(14)3-2-6-19-15;4-3(5,6)1(7)2(8)9/h2*2-6,10-11,16H,7-9,23H2,1H3,(H2,24,28)(H,26,29);2-6,10-11H,7-9,17H2,1H3,(H2,18,21);1H,7H2,(H,8,9)/t2*10-,11+,16?;10-,11+;1-/m0000/s1. The van der Waals surface area contributed by atoms with Gasteiger partial charge in [0.15, 0.2) is 18.1 Å². The number of anilines is 3. The van der Waals surface area contributed by atoms with Crippen LogP contribution in [0.2, 0.25) is 0 Å². The van der Waals surface area contributed by atoms with Gasteiger partial charge in [0.2, 0.25) is 11.8 Å². The average molecular weight is 1250 g/mol. The molecule has 3 saturated heterocycles. The van der Waals surface area contributed by atoms with Crippen molar-refractivity contribution in [2.75, 3.05) is 54.0 Å². The van der Waals surface area contributed by atoms with E-state index in [1.54, 1.807) is 73.2 Å². The molecule has 476 valence electrons. The summed E-state index contributed by atoms with van der Waals surface area (Å²) in [7, 11) is 0. The number of fused-ring (bicyclic) bond motifs is 3. The lowest BCUT2D eigenvalue weighted by atomic mass is 9.94. The van der Waals surface area contributed by atoms with E-state index in [1.165, 1.54) is 0 Å². The van der Waals surface area contributed by atoms with Crippen LogP contribution in [0.4, 0.5) is 56.6 Å². The summed E-state index contributed by atoms with van der Waals surface area (Å²) in [5, 5.41) is 14.9. The largest absolute Gasteiger partial charge is 0.480 e. The van der Waals surface area contributed by atoms with Gasteiger partial charge in [-0.15, -0.1) is 0 Å². The summed E-state index contributed by atoms with van der Waals surface area (Å²) < 4.78 is 110. The number of carboxylic acid groups (broad SMARTS) is 1. The Hall–Kier alpha value is -8.68. The van der Waals surface area contributed by atoms with Crippen molar-refractivity contribution in [3.8, 4) is 0 Å². The van der Waals surface area contributed by atoms with E-state index in [-0.39, 0.29) is 29.0 Å². The summed E-state index contributed by atoms with van der Waals surface area (Å²) >= 11 is 0. The second-order valence-corrected chi connectivity index (χ2v) is 22.0. The van der Waals surface area contributed by atoms with E-state index in [9.17, 15) is 68.3 Å². The number of piperidine rings is 3. The number of hydrogen-bond acceptors (Lipinski definition) is 16. The zero-order valence-corrected chi connectivity index (χ0v) is 47.7. The number of nitrogens with one attached hydrogen (secondary N) is 2. The summed E-state index contributed by atoms with van der Waals surface area (Å²) in [4.78, 5) is 87.3. The third kappa shape index (κ3) is 17.3. The predicted octanol–water partition coefficient (Wildman–Crippen LogP) is 4.58. The van der Waals surface area contributed by atoms with Gasteiger partial charge in [-0.2, -0.15) is 39.5 Å². The maximum absolute atomic E-state index is 12.7. The lowest BCUT2D eigenvalue weighted by molar-refractivity contribution is -0.174. The fourth-order valence-electron chi connectivity index (χ4n) is 10.8. The molecule has 3 fully saturated rings. The first kappa shape index (κ1) is 68.4. The Morgan fingerprint density at radius 1 is 0.477 bits per heavy atom. The SMILES string of the molecule is C[C@H]1C[C@@H](N)CN(c2ccc(C(N)=O)c3ncccc23)C1.C[C@H]1C[C@@H](NC(=O)C(N)C(F)(F)F)CN(c2ccc(C(N)=O)c3ncccc23)C1.C[C@H]1C[C@@H](NC(=O)C(N)C(F)(F)F)CN(c2ccc(C(N)=O)c3ncccc23)C1.N[C@@H](C(=O)O)C(F)(F)F. The van der Waals surface area contributed by atoms with Gasteiger partial charge in [-0.25, -0.2) is 0 Å². The summed E-state index contributed by atoms with van der Waals surface area (Å²) in [6, 6.07) is 12.6. The van der Waals surface area contributed by atoms with Crippen molar-refractivity contribution in [1.29, 1.82) is 0 Å². The predicted molar refractivity (Wildman–Crippen MR) is 310 cm³/mol. The van der Waals surface area contributed by atoms with Gasteiger partial charge in [0.25, 0.3) is 17.7 Å². The summed E-state index contributed by atoms with van der Waals surface area (Å²) in [5.74, 6) is -5.43. The molecule has 0 bridgehead atoms. The molecule has 5 amide bonds. The minimum absolute atomic E-state index is 0.110. The number of nitrogens with zero attached hydrogens (tertiary/aromatic N) is 6. The Balaban J connectivity index is 0.000000199. The fraction of sp³-hybridized carbons (Fsp3) is 0.421. The number of aromatic nitrogens is 3. The van der Waals surface area contributed by atoms with E-state index in [0.717, 1.165) is 42.0 Å². The maximum atomic E-state index is 12.7. The third-order valence-corrected chi connectivity index (χ3v) is 14.7. The van der Waals surface area contributed by atoms with Crippen molar-refractivity contribution in [2.45, 2.75) is 94.8 Å². The van der Waals surface area contributed by atoms with Crippen molar-refractivity contribution in [3.05, 3.63) is 108 Å².